The van der Waals surface area contributed by atoms with Crippen LogP contribution < -0.4 is 24.8 Å². The molecule has 5 aromatic rings. The minimum atomic E-state index is -5.02. The summed E-state index contributed by atoms with van der Waals surface area (Å²) >= 11 is 0. The Labute approximate surface area is 455 Å². The third kappa shape index (κ3) is 9.72. The van der Waals surface area contributed by atoms with Gasteiger partial charge in [-0.25, -0.2) is 19.5 Å². The van der Waals surface area contributed by atoms with Crippen molar-refractivity contribution in [3.05, 3.63) is 101 Å². The van der Waals surface area contributed by atoms with Gasteiger partial charge in [-0.3, -0.25) is 48.1 Å². The molecule has 410 valence electrons. The van der Waals surface area contributed by atoms with Gasteiger partial charge in [0.05, 0.1) is 40.3 Å². The first-order chi connectivity index (χ1) is 38.3. The Bertz CT molecular complexity index is 3430. The van der Waals surface area contributed by atoms with E-state index in [1.807, 2.05) is 12.1 Å². The van der Waals surface area contributed by atoms with E-state index in [-0.39, 0.29) is 65.0 Å². The molecule has 23 heteroatoms. The zero-order valence-electron chi connectivity index (χ0n) is 47.0. The van der Waals surface area contributed by atoms with Crippen LogP contribution in [0.25, 0.3) is 11.1 Å². The maximum atomic E-state index is 14.2. The molecule has 0 bridgehead atoms. The van der Waals surface area contributed by atoms with Crippen molar-refractivity contribution in [2.24, 2.45) is 5.41 Å². The van der Waals surface area contributed by atoms with Gasteiger partial charge in [-0.2, -0.15) is 0 Å². The van der Waals surface area contributed by atoms with Crippen LogP contribution in [0.1, 0.15) is 119 Å². The van der Waals surface area contributed by atoms with Gasteiger partial charge in [0.1, 0.15) is 35.8 Å². The second-order valence-electron chi connectivity index (χ2n) is 22.0. The van der Waals surface area contributed by atoms with Crippen molar-refractivity contribution in [2.75, 3.05) is 66.5 Å². The normalized spacial score (nSPS) is 23.7. The highest BCUT2D eigenvalue weighted by Crippen LogP contribution is 2.43. The van der Waals surface area contributed by atoms with Crippen molar-refractivity contribution in [1.29, 1.82) is 0 Å². The van der Waals surface area contributed by atoms with E-state index >= 15 is 0 Å². The fourth-order valence-corrected chi connectivity index (χ4v) is 12.9. The Morgan fingerprint density at radius 2 is 1.63 bits per heavy atom. The standard InChI is InChI=1S/C55H64N11O11P/c1-31-21-36(14-16-61(31)37-7-9-40-41(24-37)52(70)66(51(40)69)43-10-12-47(68)65(53(43)71)30-77-78(73,74)75)60-17-18-62(32(2)29-60)38-8-11-46(57-28-38)59-42-22-35(27-58-50(42)76-6)39-13-15-56-49(48(39)33(3)67)64-20-19-63-44(54(64)72)23-34-25-55(4,5)26-45(34)63/h7-9,11,13,15,22-24,27-28,31-33,36,43,67H,10,12,14,16-21,25-26,29-30H2,1-6H3,(H,57,59)(H2,73,74,75)/t31-,32-,33+,36?,43?/m0/s1/i6D3. The first-order valence-corrected chi connectivity index (χ1v) is 27.8. The van der Waals surface area contributed by atoms with Crippen LogP contribution in [-0.2, 0) is 38.1 Å². The van der Waals surface area contributed by atoms with Crippen LogP contribution in [0.3, 0.4) is 0 Å². The molecule has 5 atom stereocenters. The van der Waals surface area contributed by atoms with Gasteiger partial charge in [0, 0.05) is 98.7 Å². The molecule has 4 N–H and O–H groups in total. The second-order valence-corrected chi connectivity index (χ2v) is 23.3. The zero-order valence-corrected chi connectivity index (χ0v) is 44.9. The van der Waals surface area contributed by atoms with Gasteiger partial charge in [0.2, 0.25) is 11.8 Å². The van der Waals surface area contributed by atoms with Gasteiger partial charge < -0.3 is 39.3 Å². The monoisotopic (exact) mass is 1090 g/mol. The fraction of sp³-hybridized carbons (Fsp3) is 0.455. The number of pyridine rings is 3. The molecule has 0 radical (unpaired) electrons. The number of aliphatic hydroxyl groups is 1. The van der Waals surface area contributed by atoms with Gasteiger partial charge in [0.15, 0.2) is 0 Å². The SMILES string of the molecule is [2H]C([2H])([2H])Oc1ncc(-c2ccnc(N3CCn4c(cc5c4CC(C)(C)C5)C3=O)c2[C@@H](C)O)cc1Nc1ccc(N2CCN(C3CCN(c4ccc5c(c4)C(=O)N(C4CCC(=O)N(COP(=O)(O)O)C4=O)C5=O)[C@@H](C)C3)C[C@@H]2C)cn1. The highest BCUT2D eigenvalue weighted by atomic mass is 31.2. The number of aromatic nitrogens is 4. The molecule has 4 aromatic heterocycles. The number of fused-ring (bicyclic) bond motifs is 4. The lowest BCUT2D eigenvalue weighted by molar-refractivity contribution is -0.155. The highest BCUT2D eigenvalue weighted by molar-refractivity contribution is 7.46. The van der Waals surface area contributed by atoms with Gasteiger partial charge >= 0.3 is 7.82 Å². The molecule has 5 amide bonds. The van der Waals surface area contributed by atoms with Crippen molar-refractivity contribution >= 4 is 66.1 Å². The average molecular weight is 1090 g/mol. The summed E-state index contributed by atoms with van der Waals surface area (Å²) in [6.07, 6.45) is 6.87. The van der Waals surface area contributed by atoms with E-state index < -0.39 is 57.4 Å². The summed E-state index contributed by atoms with van der Waals surface area (Å²) in [5.74, 6) is -2.71. The third-order valence-corrected chi connectivity index (χ3v) is 16.7. The third-order valence-electron chi connectivity index (χ3n) is 16.3. The molecular weight excluding hydrogens is 1020 g/mol. The van der Waals surface area contributed by atoms with E-state index in [2.05, 4.69) is 66.8 Å². The largest absolute Gasteiger partial charge is 0.480 e. The lowest BCUT2D eigenvalue weighted by Gasteiger charge is -2.48. The number of likely N-dealkylation sites (tertiary alicyclic amines) is 1. The summed E-state index contributed by atoms with van der Waals surface area (Å²) in [6, 6.07) is 13.3. The lowest BCUT2D eigenvalue weighted by Crippen LogP contribution is -2.58. The van der Waals surface area contributed by atoms with E-state index in [9.17, 15) is 33.6 Å². The summed E-state index contributed by atoms with van der Waals surface area (Å²) < 4.78 is 46.9. The smallest absolute Gasteiger partial charge is 0.471 e. The quantitative estimate of drug-likeness (QED) is 0.0817. The number of carbonyl (C=O) groups is 5. The number of aliphatic hydroxyl groups excluding tert-OH is 1. The van der Waals surface area contributed by atoms with Crippen molar-refractivity contribution in [1.82, 2.24) is 34.2 Å². The molecule has 1 aromatic carbocycles. The number of benzene rings is 1. The minimum Gasteiger partial charge on any atom is -0.480 e. The average Bonchev–Trinajstić information content (AvgIpc) is 4.04. The van der Waals surface area contributed by atoms with Crippen LogP contribution in [0.4, 0.5) is 28.7 Å². The molecule has 78 heavy (non-hydrogen) atoms. The number of anilines is 5. The summed E-state index contributed by atoms with van der Waals surface area (Å²) in [7, 11) is -7.85. The number of nitrogens with zero attached hydrogens (tertiary/aromatic N) is 10. The molecule has 3 fully saturated rings. The number of amides is 5. The Hall–Kier alpha value is -7.07. The van der Waals surface area contributed by atoms with Crippen LogP contribution >= 0.6 is 7.82 Å². The van der Waals surface area contributed by atoms with Crippen molar-refractivity contribution in [2.45, 2.75) is 110 Å². The van der Waals surface area contributed by atoms with Gasteiger partial charge in [-0.1, -0.05) is 13.8 Å². The molecule has 5 aliphatic heterocycles. The number of nitrogens with one attached hydrogen (secondary N) is 1. The molecule has 1 aliphatic carbocycles. The number of imide groups is 2. The molecule has 11 rings (SSSR count). The number of piperidine rings is 2. The second kappa shape index (κ2) is 20.3. The number of phosphoric acid groups is 1. The summed E-state index contributed by atoms with van der Waals surface area (Å²) in [4.78, 5) is 110. The van der Waals surface area contributed by atoms with E-state index in [1.165, 1.54) is 17.5 Å². The Morgan fingerprint density at radius 3 is 2.36 bits per heavy atom. The predicted octanol–water partition coefficient (Wildman–Crippen LogP) is 5.68. The first kappa shape index (κ1) is 49.2. The number of ether oxygens (including phenoxy) is 1. The molecule has 3 saturated heterocycles. The van der Waals surface area contributed by atoms with Crippen molar-refractivity contribution in [3.8, 4) is 17.0 Å². The Kier molecular flexibility index (Phi) is 12.8. The van der Waals surface area contributed by atoms with Crippen LogP contribution in [-0.4, -0.2) is 149 Å². The van der Waals surface area contributed by atoms with E-state index in [1.54, 1.807) is 60.6 Å². The number of methoxy groups -OCH3 is 1. The van der Waals surface area contributed by atoms with Crippen molar-refractivity contribution < 1.29 is 56.8 Å². The van der Waals surface area contributed by atoms with Gasteiger partial charge in [-0.15, -0.1) is 0 Å². The predicted molar refractivity (Wildman–Crippen MR) is 287 cm³/mol. The molecule has 2 unspecified atom stereocenters. The minimum absolute atomic E-state index is 0.0634. The number of piperazine rings is 1. The maximum Gasteiger partial charge on any atom is 0.471 e. The summed E-state index contributed by atoms with van der Waals surface area (Å²) in [6.45, 7) is 13.3. The summed E-state index contributed by atoms with van der Waals surface area (Å²) in [5.41, 5.74) is 6.74. The van der Waals surface area contributed by atoms with Gasteiger partial charge in [0.25, 0.3) is 23.6 Å². The molecule has 9 heterocycles. The molecule has 0 saturated carbocycles. The maximum absolute atomic E-state index is 14.2. The number of phosphoric ester groups is 1. The van der Waals surface area contributed by atoms with E-state index in [4.69, 9.17) is 23.6 Å². The Morgan fingerprint density at radius 1 is 0.846 bits per heavy atom. The van der Waals surface area contributed by atoms with Crippen molar-refractivity contribution in [3.63, 3.8) is 0 Å². The fourth-order valence-electron chi connectivity index (χ4n) is 12.6. The van der Waals surface area contributed by atoms with Crippen LogP contribution in [0, 0.1) is 5.41 Å². The number of hydrogen-bond acceptors (Lipinski definition) is 16. The summed E-state index contributed by atoms with van der Waals surface area (Å²) in [5, 5.41) is 14.6. The molecule has 6 aliphatic rings. The van der Waals surface area contributed by atoms with Crippen LogP contribution in [0.15, 0.2) is 67.1 Å². The Balaban J connectivity index is 0.737. The van der Waals surface area contributed by atoms with Gasteiger partial charge in [-0.05, 0) is 118 Å². The molecular formula is C55H64N11O11P. The lowest BCUT2D eigenvalue weighted by atomic mass is 9.90. The van der Waals surface area contributed by atoms with Crippen LogP contribution in [0.5, 0.6) is 5.88 Å². The topological polar surface area (TPSA) is 257 Å². The first-order valence-electron chi connectivity index (χ1n) is 27.8. The number of rotatable bonds is 13. The molecule has 0 spiro atoms. The van der Waals surface area contributed by atoms with Crippen LogP contribution in [0.2, 0.25) is 0 Å². The number of hydrogen-bond donors (Lipinski definition) is 4. The van der Waals surface area contributed by atoms with E-state index in [0.29, 0.717) is 58.6 Å². The van der Waals surface area contributed by atoms with E-state index in [0.717, 1.165) is 61.6 Å². The zero-order chi connectivity index (χ0) is 57.6. The highest BCUT2D eigenvalue weighted by Gasteiger charge is 2.48. The number of carbonyl (C=O) groups excluding carboxylic acids is 5. The molecule has 22 nitrogen and oxygen atoms in total.